The number of aryl methyl sites for hydroxylation is 1. The summed E-state index contributed by atoms with van der Waals surface area (Å²) in [7, 11) is 0. The van der Waals surface area contributed by atoms with E-state index in [-0.39, 0.29) is 11.8 Å². The average Bonchev–Trinajstić information content (AvgIpc) is 3.40. The number of likely N-dealkylation sites (tertiary alicyclic amines) is 2. The van der Waals surface area contributed by atoms with Crippen molar-refractivity contribution in [1.29, 1.82) is 0 Å². The zero-order chi connectivity index (χ0) is 20.1. The van der Waals surface area contributed by atoms with E-state index in [1.54, 1.807) is 11.3 Å². The normalized spacial score (nSPS) is 18.9. The molecule has 4 rings (SSSR count). The van der Waals surface area contributed by atoms with Gasteiger partial charge < -0.3 is 10.2 Å². The number of anilines is 1. The Bertz CT molecular complexity index is 789. The van der Waals surface area contributed by atoms with Gasteiger partial charge in [-0.25, -0.2) is 4.98 Å². The van der Waals surface area contributed by atoms with Gasteiger partial charge in [-0.1, -0.05) is 12.1 Å². The smallest absolute Gasteiger partial charge is 0.227 e. The van der Waals surface area contributed by atoms with E-state index in [0.717, 1.165) is 61.8 Å². The lowest BCUT2D eigenvalue weighted by atomic mass is 9.95. The molecule has 0 radical (unpaired) electrons. The van der Waals surface area contributed by atoms with Crippen molar-refractivity contribution in [2.24, 2.45) is 5.92 Å². The van der Waals surface area contributed by atoms with Crippen LogP contribution in [0.2, 0.25) is 0 Å². The Morgan fingerprint density at radius 3 is 2.48 bits per heavy atom. The van der Waals surface area contributed by atoms with E-state index in [1.807, 2.05) is 6.92 Å². The van der Waals surface area contributed by atoms with Gasteiger partial charge in [0.05, 0.1) is 10.7 Å². The number of hydrogen-bond acceptors (Lipinski definition) is 5. The van der Waals surface area contributed by atoms with Crippen LogP contribution in [-0.4, -0.2) is 53.4 Å². The molecule has 1 amide bonds. The minimum Gasteiger partial charge on any atom is -0.326 e. The topological polar surface area (TPSA) is 48.5 Å². The highest BCUT2D eigenvalue weighted by molar-refractivity contribution is 7.09. The number of piperidine rings is 1. The van der Waals surface area contributed by atoms with E-state index in [9.17, 15) is 4.79 Å². The summed E-state index contributed by atoms with van der Waals surface area (Å²) in [5, 5.41) is 6.39. The number of thiazole rings is 1. The standard InChI is InChI=1S/C23H32N4OS/c1-18-24-22(17-29-18)16-27-14-9-20(10-15-27)23(28)25-21-6-4-19(5-7-21)8-13-26-11-2-3-12-26/h4-7,17,20H,2-3,8-16H2,1H3,(H,25,28). The molecule has 0 unspecified atom stereocenters. The van der Waals surface area contributed by atoms with Crippen LogP contribution in [-0.2, 0) is 17.8 Å². The van der Waals surface area contributed by atoms with Crippen molar-refractivity contribution in [2.45, 2.75) is 45.6 Å². The number of benzene rings is 1. The molecule has 2 aliphatic rings. The molecule has 1 aromatic heterocycles. The maximum absolute atomic E-state index is 12.7. The molecule has 2 fully saturated rings. The molecule has 2 saturated heterocycles. The first-order valence-corrected chi connectivity index (χ1v) is 11.8. The highest BCUT2D eigenvalue weighted by atomic mass is 32.1. The van der Waals surface area contributed by atoms with Crippen LogP contribution in [0.3, 0.4) is 0 Å². The number of rotatable bonds is 7. The summed E-state index contributed by atoms with van der Waals surface area (Å²) < 4.78 is 0. The van der Waals surface area contributed by atoms with Crippen molar-refractivity contribution >= 4 is 22.9 Å². The molecule has 1 aromatic carbocycles. The summed E-state index contributed by atoms with van der Waals surface area (Å²) in [4.78, 5) is 22.2. The maximum atomic E-state index is 12.7. The lowest BCUT2D eigenvalue weighted by Gasteiger charge is -2.30. The van der Waals surface area contributed by atoms with Gasteiger partial charge >= 0.3 is 0 Å². The predicted molar refractivity (Wildman–Crippen MR) is 119 cm³/mol. The van der Waals surface area contributed by atoms with Crippen LogP contribution in [0.25, 0.3) is 0 Å². The average molecular weight is 413 g/mol. The van der Waals surface area contributed by atoms with Gasteiger partial charge in [0.1, 0.15) is 0 Å². The third kappa shape index (κ3) is 5.87. The Morgan fingerprint density at radius 2 is 1.83 bits per heavy atom. The van der Waals surface area contributed by atoms with Gasteiger partial charge in [0.2, 0.25) is 5.91 Å². The zero-order valence-corrected chi connectivity index (χ0v) is 18.2. The third-order valence-corrected chi connectivity index (χ3v) is 6.97. The second-order valence-corrected chi connectivity index (χ2v) is 9.46. The first kappa shape index (κ1) is 20.5. The van der Waals surface area contributed by atoms with Gasteiger partial charge in [0.15, 0.2) is 0 Å². The molecule has 156 valence electrons. The summed E-state index contributed by atoms with van der Waals surface area (Å²) in [6.45, 7) is 8.51. The molecule has 6 heteroatoms. The largest absolute Gasteiger partial charge is 0.326 e. The fourth-order valence-electron chi connectivity index (χ4n) is 4.36. The summed E-state index contributed by atoms with van der Waals surface area (Å²) in [5.74, 6) is 0.275. The highest BCUT2D eigenvalue weighted by Crippen LogP contribution is 2.22. The van der Waals surface area contributed by atoms with Gasteiger partial charge in [-0.2, -0.15) is 0 Å². The van der Waals surface area contributed by atoms with Crippen LogP contribution in [0.4, 0.5) is 5.69 Å². The Hall–Kier alpha value is -1.76. The Balaban J connectivity index is 1.20. The van der Waals surface area contributed by atoms with E-state index in [4.69, 9.17) is 0 Å². The number of hydrogen-bond donors (Lipinski definition) is 1. The minimum absolute atomic E-state index is 0.110. The van der Waals surface area contributed by atoms with Crippen molar-refractivity contribution in [1.82, 2.24) is 14.8 Å². The summed E-state index contributed by atoms with van der Waals surface area (Å²) in [6.07, 6.45) is 5.61. The van der Waals surface area contributed by atoms with Crippen LogP contribution in [0, 0.1) is 12.8 Å². The molecular formula is C23H32N4OS. The Labute approximate surface area is 178 Å². The predicted octanol–water partition coefficient (Wildman–Crippen LogP) is 3.94. The van der Waals surface area contributed by atoms with E-state index in [2.05, 4.69) is 49.7 Å². The maximum Gasteiger partial charge on any atom is 0.227 e. The van der Waals surface area contributed by atoms with Gasteiger partial charge in [0.25, 0.3) is 0 Å². The minimum atomic E-state index is 0.110. The molecule has 5 nitrogen and oxygen atoms in total. The monoisotopic (exact) mass is 412 g/mol. The molecule has 1 N–H and O–H groups in total. The van der Waals surface area contributed by atoms with E-state index in [0.29, 0.717) is 0 Å². The number of carbonyl (C=O) groups is 1. The van der Waals surface area contributed by atoms with Crippen LogP contribution >= 0.6 is 11.3 Å². The quantitative estimate of drug-likeness (QED) is 0.748. The van der Waals surface area contributed by atoms with E-state index < -0.39 is 0 Å². The van der Waals surface area contributed by atoms with Gasteiger partial charge in [-0.3, -0.25) is 9.69 Å². The number of amides is 1. The number of aromatic nitrogens is 1. The van der Waals surface area contributed by atoms with Gasteiger partial charge in [-0.15, -0.1) is 11.3 Å². The molecule has 0 atom stereocenters. The lowest BCUT2D eigenvalue weighted by Crippen LogP contribution is -2.37. The van der Waals surface area contributed by atoms with E-state index in [1.165, 1.54) is 31.5 Å². The van der Waals surface area contributed by atoms with Crippen molar-refractivity contribution < 1.29 is 4.79 Å². The second kappa shape index (κ2) is 9.83. The Kier molecular flexibility index (Phi) is 6.95. The molecule has 0 spiro atoms. The summed E-state index contributed by atoms with van der Waals surface area (Å²) in [6, 6.07) is 8.42. The zero-order valence-electron chi connectivity index (χ0n) is 17.4. The summed E-state index contributed by atoms with van der Waals surface area (Å²) >= 11 is 1.71. The van der Waals surface area contributed by atoms with Crippen molar-refractivity contribution in [3.05, 3.63) is 45.9 Å². The van der Waals surface area contributed by atoms with Crippen LogP contribution in [0.1, 0.15) is 41.9 Å². The van der Waals surface area contributed by atoms with E-state index >= 15 is 0 Å². The van der Waals surface area contributed by atoms with Crippen molar-refractivity contribution in [3.8, 4) is 0 Å². The van der Waals surface area contributed by atoms with Crippen LogP contribution in [0.15, 0.2) is 29.6 Å². The SMILES string of the molecule is Cc1nc(CN2CCC(C(=O)Nc3ccc(CCN4CCCC4)cc3)CC2)cs1. The second-order valence-electron chi connectivity index (χ2n) is 8.39. The Morgan fingerprint density at radius 1 is 1.10 bits per heavy atom. The number of nitrogens with zero attached hydrogens (tertiary/aromatic N) is 3. The molecule has 0 aliphatic carbocycles. The molecule has 3 heterocycles. The molecule has 0 saturated carbocycles. The summed E-state index contributed by atoms with van der Waals surface area (Å²) in [5.41, 5.74) is 3.42. The first-order valence-electron chi connectivity index (χ1n) is 10.9. The fraction of sp³-hybridized carbons (Fsp3) is 0.565. The number of carbonyl (C=O) groups excluding carboxylic acids is 1. The van der Waals surface area contributed by atoms with Crippen molar-refractivity contribution in [2.75, 3.05) is 38.0 Å². The van der Waals surface area contributed by atoms with Crippen LogP contribution in [0.5, 0.6) is 0 Å². The molecule has 29 heavy (non-hydrogen) atoms. The molecule has 2 aliphatic heterocycles. The lowest BCUT2D eigenvalue weighted by molar-refractivity contribution is -0.121. The highest BCUT2D eigenvalue weighted by Gasteiger charge is 2.25. The van der Waals surface area contributed by atoms with Crippen molar-refractivity contribution in [3.63, 3.8) is 0 Å². The van der Waals surface area contributed by atoms with Gasteiger partial charge in [-0.05, 0) is 82.9 Å². The van der Waals surface area contributed by atoms with Crippen LogP contribution < -0.4 is 5.32 Å². The molecule has 2 aromatic rings. The number of nitrogens with one attached hydrogen (secondary N) is 1. The molecule has 0 bridgehead atoms. The third-order valence-electron chi connectivity index (χ3n) is 6.15. The molecular weight excluding hydrogens is 380 g/mol. The first-order chi connectivity index (χ1) is 14.2. The van der Waals surface area contributed by atoms with Gasteiger partial charge in [0, 0.05) is 30.1 Å². The fourth-order valence-corrected chi connectivity index (χ4v) is 4.96.